The van der Waals surface area contributed by atoms with Crippen molar-refractivity contribution in [2.75, 3.05) is 6.54 Å². The van der Waals surface area contributed by atoms with Crippen molar-refractivity contribution < 1.29 is 118 Å². The maximum absolute atomic E-state index is 12.6. The Hall–Kier alpha value is -4.40. The van der Waals surface area contributed by atoms with Gasteiger partial charge in [-0.25, -0.2) is 25.2 Å². The van der Waals surface area contributed by atoms with Crippen molar-refractivity contribution in [1.29, 1.82) is 0 Å². The summed E-state index contributed by atoms with van der Waals surface area (Å²) in [5.74, 6) is -10.3. The summed E-state index contributed by atoms with van der Waals surface area (Å²) in [6.45, 7) is 0.229. The zero-order valence-corrected chi connectivity index (χ0v) is 43.1. The smallest absolute Gasteiger partial charge is 0.326 e. The van der Waals surface area contributed by atoms with Crippen LogP contribution >= 0.6 is 0 Å². The summed E-state index contributed by atoms with van der Waals surface area (Å²) >= 11 is 0. The number of unbranched alkanes of at least 4 members (excludes halogenated alkanes) is 14. The first-order valence-corrected chi connectivity index (χ1v) is 23.0. The first kappa shape index (κ1) is 67.9. The van der Waals surface area contributed by atoms with E-state index in [9.17, 15) is 73.2 Å². The fraction of sp³-hybridized carbons (Fsp3) is 0.750. The molecular formula is C44H72N6O16VW-2. The number of hydrogen-bond acceptors (Lipinski definition) is 11. The van der Waals surface area contributed by atoms with Gasteiger partial charge in [0, 0.05) is 84.7 Å². The second kappa shape index (κ2) is 42.7. The molecule has 68 heavy (non-hydrogen) atoms. The average molecular weight is 1180 g/mol. The van der Waals surface area contributed by atoms with Gasteiger partial charge in [0.2, 0.25) is 29.5 Å². The van der Waals surface area contributed by atoms with E-state index in [0.717, 1.165) is 70.6 Å². The molecule has 0 saturated heterocycles. The van der Waals surface area contributed by atoms with Crippen LogP contribution in [-0.4, -0.2) is 128 Å². The van der Waals surface area contributed by atoms with Gasteiger partial charge in [0.15, 0.2) is 0 Å². The summed E-state index contributed by atoms with van der Waals surface area (Å²) < 4.78 is 0. The van der Waals surface area contributed by atoms with Gasteiger partial charge < -0.3 is 62.6 Å². The molecule has 0 rings (SSSR count). The SMILES string of the molecule is [NH-][C@H]([C-]=O)CCCCNC(=O)CC[C@H](NC(=O)CC[C@H](NC(=O)CC[C@H](NC(=O)CC[C@H](NC(=O)CCCCCCCCCCCCCCCCC(=O)O)C(=O)O)C(=O)O)C(=O)O)C(=O)O.[V].[W]. The minimum atomic E-state index is -1.63. The van der Waals surface area contributed by atoms with E-state index in [1.807, 2.05) is 0 Å². The van der Waals surface area contributed by atoms with E-state index in [0.29, 0.717) is 19.3 Å². The predicted octanol–water partition coefficient (Wildman–Crippen LogP) is 3.52. The molecule has 0 fully saturated rings. The molecule has 0 aromatic carbocycles. The monoisotopic (exact) mass is 1180 g/mol. The van der Waals surface area contributed by atoms with Gasteiger partial charge >= 0.3 is 29.8 Å². The number of carbonyl (C=O) groups excluding carboxylic acids is 6. The zero-order valence-electron chi connectivity index (χ0n) is 38.8. The van der Waals surface area contributed by atoms with Gasteiger partial charge in [-0.3, -0.25) is 35.1 Å². The first-order valence-electron chi connectivity index (χ1n) is 23.0. The van der Waals surface area contributed by atoms with Gasteiger partial charge in [-0.15, -0.1) is 0 Å². The second-order valence-corrected chi connectivity index (χ2v) is 16.3. The van der Waals surface area contributed by atoms with Crippen LogP contribution in [0, 0.1) is 0 Å². The molecule has 22 nitrogen and oxygen atoms in total. The number of hydrogen-bond donors (Lipinski definition) is 10. The summed E-state index contributed by atoms with van der Waals surface area (Å²) in [6.07, 6.45) is 13.7. The Balaban J connectivity index is -0.0000211. The van der Waals surface area contributed by atoms with Crippen molar-refractivity contribution in [2.24, 2.45) is 0 Å². The third-order valence-electron chi connectivity index (χ3n) is 10.6. The fourth-order valence-corrected chi connectivity index (χ4v) is 6.73. The molecule has 0 aromatic rings. The van der Waals surface area contributed by atoms with Crippen molar-refractivity contribution in [1.82, 2.24) is 26.6 Å². The number of carboxylic acids is 5. The molecule has 0 aromatic heterocycles. The summed E-state index contributed by atoms with van der Waals surface area (Å²) in [4.78, 5) is 130. The number of nitrogens with one attached hydrogen (secondary N) is 6. The number of amides is 5. The van der Waals surface area contributed by atoms with Crippen molar-refractivity contribution >= 4 is 65.7 Å². The molecule has 11 N–H and O–H groups in total. The van der Waals surface area contributed by atoms with Crippen molar-refractivity contribution in [3.05, 3.63) is 5.73 Å². The van der Waals surface area contributed by atoms with Crippen molar-refractivity contribution in [2.45, 2.75) is 204 Å². The van der Waals surface area contributed by atoms with E-state index in [1.165, 1.54) is 19.1 Å². The van der Waals surface area contributed by atoms with E-state index in [4.69, 9.17) is 10.8 Å². The molecule has 1 radical (unpaired) electrons. The number of aliphatic carboxylic acids is 5. The Morgan fingerprint density at radius 2 is 0.662 bits per heavy atom. The maximum Gasteiger partial charge on any atom is 0.326 e. The molecule has 0 aliphatic rings. The molecule has 24 heteroatoms. The Morgan fingerprint density at radius 3 is 0.956 bits per heavy atom. The molecule has 0 aliphatic carbocycles. The fourth-order valence-electron chi connectivity index (χ4n) is 6.73. The van der Waals surface area contributed by atoms with Gasteiger partial charge in [0.05, 0.1) is 0 Å². The normalized spacial score (nSPS) is 12.8. The standard InChI is InChI=1S/C44H72N6O16.V.W/c45-30(29-51)17-15-16-28-46-35(52)24-20-31(41(59)60)48-37(54)26-22-33(43(63)64)50-39(56)27-23-34(44(65)66)49-38(55)25-21-32(42(61)62)47-36(53)18-13-11-9-7-5-3-1-2-4-6-8-10-12-14-19-40(57)58;;/h30-34,45H,1-28H2,(H,46,52)(H,47,53)(H,48,54)(H,49,55)(H,50,56)(H,57,58)(H,59,60)(H,61,62)(H,63,64)(H,65,66);;/q-2;;/t30-,31-,32-,33-,34-;;/m0../s1. The Morgan fingerprint density at radius 1 is 0.382 bits per heavy atom. The van der Waals surface area contributed by atoms with Crippen LogP contribution in [0.5, 0.6) is 0 Å². The van der Waals surface area contributed by atoms with Crippen molar-refractivity contribution in [3.8, 4) is 0 Å². The van der Waals surface area contributed by atoms with Gasteiger partial charge in [0.25, 0.3) is 0 Å². The Labute approximate surface area is 424 Å². The molecular weight excluding hydrogens is 1100 g/mol. The minimum Gasteiger partial charge on any atom is -0.698 e. The van der Waals surface area contributed by atoms with Crippen LogP contribution in [-0.2, 0) is 92.4 Å². The van der Waals surface area contributed by atoms with E-state index in [2.05, 4.69) is 26.6 Å². The Bertz CT molecular complexity index is 1560. The van der Waals surface area contributed by atoms with E-state index in [1.54, 1.807) is 0 Å². The zero-order chi connectivity index (χ0) is 49.7. The van der Waals surface area contributed by atoms with Gasteiger partial charge in [-0.2, -0.15) is 0 Å². The number of rotatable bonds is 43. The van der Waals surface area contributed by atoms with E-state index >= 15 is 0 Å². The summed E-state index contributed by atoms with van der Waals surface area (Å²) in [5.41, 5.74) is 7.30. The average Bonchev–Trinajstić information content (AvgIpc) is 3.25. The number of carboxylic acid groups (broad SMARTS) is 5. The summed E-state index contributed by atoms with van der Waals surface area (Å²) in [5, 5.41) is 58.4. The quantitative estimate of drug-likeness (QED) is 0.0308. The second-order valence-electron chi connectivity index (χ2n) is 16.3. The third-order valence-corrected chi connectivity index (χ3v) is 10.6. The molecule has 0 aliphatic heterocycles. The van der Waals surface area contributed by atoms with Crippen molar-refractivity contribution in [3.63, 3.8) is 0 Å². The van der Waals surface area contributed by atoms with Crippen LogP contribution in [0.15, 0.2) is 0 Å². The molecule has 0 heterocycles. The third kappa shape index (κ3) is 38.6. The molecule has 0 saturated carbocycles. The van der Waals surface area contributed by atoms with E-state index in [-0.39, 0.29) is 84.7 Å². The first-order chi connectivity index (χ1) is 31.4. The van der Waals surface area contributed by atoms with Crippen LogP contribution in [0.4, 0.5) is 0 Å². The van der Waals surface area contributed by atoms with E-state index < -0.39 is 122 Å². The van der Waals surface area contributed by atoms with Gasteiger partial charge in [0.1, 0.15) is 24.2 Å². The summed E-state index contributed by atoms with van der Waals surface area (Å²) in [6, 6.07) is -7.11. The van der Waals surface area contributed by atoms with Gasteiger partial charge in [-0.1, -0.05) is 89.9 Å². The summed E-state index contributed by atoms with van der Waals surface area (Å²) in [7, 11) is 0. The van der Waals surface area contributed by atoms with Crippen LogP contribution in [0.3, 0.4) is 0 Å². The topological polar surface area (TPSA) is 373 Å². The largest absolute Gasteiger partial charge is 0.698 e. The minimum absolute atomic E-state index is 0. The molecule has 0 spiro atoms. The van der Waals surface area contributed by atoms with Crippen LogP contribution in [0.1, 0.15) is 173 Å². The predicted molar refractivity (Wildman–Crippen MR) is 237 cm³/mol. The van der Waals surface area contributed by atoms with Crippen LogP contribution in [0.2, 0.25) is 0 Å². The maximum atomic E-state index is 12.6. The van der Waals surface area contributed by atoms with Gasteiger partial charge in [-0.05, 0) is 44.9 Å². The molecule has 0 bridgehead atoms. The van der Waals surface area contributed by atoms with Crippen LogP contribution < -0.4 is 26.6 Å². The molecule has 387 valence electrons. The Kier molecular flexibility index (Phi) is 42.6. The number of carbonyl (C=O) groups is 10. The molecule has 5 atom stereocenters. The molecule has 0 unspecified atom stereocenters. The molecule has 5 amide bonds. The van der Waals surface area contributed by atoms with Crippen LogP contribution in [0.25, 0.3) is 5.73 Å².